The minimum absolute atomic E-state index is 0.163. The van der Waals surface area contributed by atoms with E-state index in [0.717, 1.165) is 6.42 Å². The van der Waals surface area contributed by atoms with Crippen molar-refractivity contribution in [1.29, 1.82) is 0 Å². The fourth-order valence-electron chi connectivity index (χ4n) is 2.44. The Balaban J connectivity index is 2.08. The van der Waals surface area contributed by atoms with Crippen LogP contribution in [0.25, 0.3) is 11.1 Å². The Bertz CT molecular complexity index is 674. The first-order chi connectivity index (χ1) is 8.99. The molecule has 0 saturated heterocycles. The molecule has 0 spiro atoms. The molecular weight excluding hydrogens is 240 g/mol. The molecule has 2 N–H and O–H groups in total. The number of benzene rings is 1. The quantitative estimate of drug-likeness (QED) is 0.868. The molecule has 1 aliphatic rings. The zero-order valence-corrected chi connectivity index (χ0v) is 11.0. The van der Waals surface area contributed by atoms with Crippen molar-refractivity contribution < 1.29 is 5.11 Å². The summed E-state index contributed by atoms with van der Waals surface area (Å²) in [5, 5.41) is 10.0. The molecule has 1 aliphatic carbocycles. The summed E-state index contributed by atoms with van der Waals surface area (Å²) in [7, 11) is 0. The molecule has 3 rings (SSSR count). The highest BCUT2D eigenvalue weighted by Gasteiger charge is 2.48. The molecule has 1 aromatic heterocycles. The van der Waals surface area contributed by atoms with Crippen LogP contribution in [0.5, 0.6) is 5.88 Å². The number of hydrogen-bond acceptors (Lipinski definition) is 3. The van der Waals surface area contributed by atoms with Gasteiger partial charge in [-0.05, 0) is 17.4 Å². The molecule has 0 bridgehead atoms. The van der Waals surface area contributed by atoms with E-state index in [4.69, 9.17) is 0 Å². The van der Waals surface area contributed by atoms with Gasteiger partial charge in [-0.1, -0.05) is 44.2 Å². The standard InChI is InChI=1S/C15H16N2O2/c1-15(2)8-10(15)12-16-13(18)11(14(19)17-12)9-6-4-3-5-7-9/h3-7,10H,8H2,1-2H3,(H2,16,17,18,19). The van der Waals surface area contributed by atoms with Gasteiger partial charge in [0.1, 0.15) is 11.4 Å². The first-order valence-electron chi connectivity index (χ1n) is 6.37. The average Bonchev–Trinajstić information content (AvgIpc) is 2.99. The second-order valence-corrected chi connectivity index (χ2v) is 5.76. The predicted molar refractivity (Wildman–Crippen MR) is 73.1 cm³/mol. The number of hydrogen-bond donors (Lipinski definition) is 2. The van der Waals surface area contributed by atoms with Gasteiger partial charge in [0.05, 0.1) is 0 Å². The summed E-state index contributed by atoms with van der Waals surface area (Å²) in [4.78, 5) is 19.1. The summed E-state index contributed by atoms with van der Waals surface area (Å²) in [6.45, 7) is 4.25. The van der Waals surface area contributed by atoms with Gasteiger partial charge in [-0.15, -0.1) is 0 Å². The average molecular weight is 256 g/mol. The van der Waals surface area contributed by atoms with E-state index in [0.29, 0.717) is 11.4 Å². The summed E-state index contributed by atoms with van der Waals surface area (Å²) in [6.07, 6.45) is 0.986. The predicted octanol–water partition coefficient (Wildman–Crippen LogP) is 2.66. The number of nitrogens with one attached hydrogen (secondary N) is 1. The van der Waals surface area contributed by atoms with Gasteiger partial charge in [0.25, 0.3) is 5.56 Å². The molecule has 19 heavy (non-hydrogen) atoms. The van der Waals surface area contributed by atoms with Crippen molar-refractivity contribution in [2.24, 2.45) is 5.41 Å². The summed E-state index contributed by atoms with van der Waals surface area (Å²) < 4.78 is 0. The summed E-state index contributed by atoms with van der Waals surface area (Å²) in [5.74, 6) is 0.635. The Morgan fingerprint density at radius 3 is 2.47 bits per heavy atom. The maximum absolute atomic E-state index is 12.1. The maximum Gasteiger partial charge on any atom is 0.262 e. The van der Waals surface area contributed by atoms with E-state index >= 15 is 0 Å². The first-order valence-corrected chi connectivity index (χ1v) is 6.37. The molecule has 4 heteroatoms. The molecular formula is C15H16N2O2. The Hall–Kier alpha value is -2.10. The number of nitrogens with zero attached hydrogens (tertiary/aromatic N) is 1. The van der Waals surface area contributed by atoms with Crippen molar-refractivity contribution in [2.45, 2.75) is 26.2 Å². The topological polar surface area (TPSA) is 66.0 Å². The highest BCUT2D eigenvalue weighted by molar-refractivity contribution is 5.67. The van der Waals surface area contributed by atoms with Crippen LogP contribution in [-0.2, 0) is 0 Å². The van der Waals surface area contributed by atoms with E-state index in [-0.39, 0.29) is 28.3 Å². The lowest BCUT2D eigenvalue weighted by molar-refractivity contribution is 0.448. The van der Waals surface area contributed by atoms with Gasteiger partial charge >= 0.3 is 0 Å². The zero-order valence-electron chi connectivity index (χ0n) is 11.0. The normalized spacial score (nSPS) is 20.2. The van der Waals surface area contributed by atoms with Crippen LogP contribution < -0.4 is 5.56 Å². The minimum atomic E-state index is -0.281. The first kappa shape index (κ1) is 12.0. The van der Waals surface area contributed by atoms with Crippen molar-refractivity contribution in [3.8, 4) is 17.0 Å². The van der Waals surface area contributed by atoms with Crippen molar-refractivity contribution >= 4 is 0 Å². The molecule has 1 saturated carbocycles. The number of rotatable bonds is 2. The summed E-state index contributed by atoms with van der Waals surface area (Å²) in [5.41, 5.74) is 0.797. The fraction of sp³-hybridized carbons (Fsp3) is 0.333. The van der Waals surface area contributed by atoms with Crippen molar-refractivity contribution in [2.75, 3.05) is 0 Å². The molecule has 1 aromatic carbocycles. The van der Waals surface area contributed by atoms with Gasteiger partial charge < -0.3 is 10.1 Å². The number of aromatic hydroxyl groups is 1. The number of aromatic amines is 1. The molecule has 0 amide bonds. The van der Waals surface area contributed by atoms with Gasteiger partial charge in [0.2, 0.25) is 5.88 Å². The number of H-pyrrole nitrogens is 1. The summed E-state index contributed by atoms with van der Waals surface area (Å²) in [6, 6.07) is 9.08. The fourth-order valence-corrected chi connectivity index (χ4v) is 2.44. The molecule has 1 fully saturated rings. The zero-order chi connectivity index (χ0) is 13.6. The molecule has 1 atom stereocenters. The monoisotopic (exact) mass is 256 g/mol. The molecule has 1 unspecified atom stereocenters. The SMILES string of the molecule is CC1(C)CC1c1nc(O)c(-c2ccccc2)c(=O)[nH]1. The lowest BCUT2D eigenvalue weighted by Crippen LogP contribution is -2.14. The van der Waals surface area contributed by atoms with Crippen molar-refractivity contribution in [1.82, 2.24) is 9.97 Å². The van der Waals surface area contributed by atoms with Crippen LogP contribution in [0, 0.1) is 5.41 Å². The van der Waals surface area contributed by atoms with Crippen LogP contribution >= 0.6 is 0 Å². The van der Waals surface area contributed by atoms with E-state index in [1.807, 2.05) is 18.2 Å². The van der Waals surface area contributed by atoms with Crippen LogP contribution in [0.2, 0.25) is 0 Å². The van der Waals surface area contributed by atoms with Gasteiger partial charge in [-0.3, -0.25) is 4.79 Å². The summed E-state index contributed by atoms with van der Waals surface area (Å²) >= 11 is 0. The van der Waals surface area contributed by atoms with Crippen LogP contribution in [0.15, 0.2) is 35.1 Å². The van der Waals surface area contributed by atoms with E-state index in [1.165, 1.54) is 0 Å². The molecule has 0 aliphatic heterocycles. The van der Waals surface area contributed by atoms with Gasteiger partial charge in [0.15, 0.2) is 0 Å². The Morgan fingerprint density at radius 1 is 1.32 bits per heavy atom. The van der Waals surface area contributed by atoms with Crippen LogP contribution in [0.3, 0.4) is 0 Å². The third-order valence-electron chi connectivity index (χ3n) is 3.82. The Morgan fingerprint density at radius 2 is 1.95 bits per heavy atom. The van der Waals surface area contributed by atoms with E-state index in [9.17, 15) is 9.90 Å². The van der Waals surface area contributed by atoms with Gasteiger partial charge in [-0.25, -0.2) is 0 Å². The Labute approximate surface area is 111 Å². The lowest BCUT2D eigenvalue weighted by atomic mass is 10.1. The largest absolute Gasteiger partial charge is 0.493 e. The number of aromatic nitrogens is 2. The van der Waals surface area contributed by atoms with E-state index < -0.39 is 0 Å². The van der Waals surface area contributed by atoms with Crippen LogP contribution in [-0.4, -0.2) is 15.1 Å². The highest BCUT2D eigenvalue weighted by Crippen LogP contribution is 2.57. The smallest absolute Gasteiger partial charge is 0.262 e. The van der Waals surface area contributed by atoms with Crippen LogP contribution in [0.4, 0.5) is 0 Å². The molecule has 98 valence electrons. The van der Waals surface area contributed by atoms with Crippen molar-refractivity contribution in [3.63, 3.8) is 0 Å². The second-order valence-electron chi connectivity index (χ2n) is 5.76. The van der Waals surface area contributed by atoms with Crippen molar-refractivity contribution in [3.05, 3.63) is 46.5 Å². The molecule has 1 heterocycles. The third-order valence-corrected chi connectivity index (χ3v) is 3.82. The molecule has 0 radical (unpaired) electrons. The maximum atomic E-state index is 12.1. The van der Waals surface area contributed by atoms with E-state index in [1.54, 1.807) is 12.1 Å². The minimum Gasteiger partial charge on any atom is -0.493 e. The van der Waals surface area contributed by atoms with E-state index in [2.05, 4.69) is 23.8 Å². The molecule has 2 aromatic rings. The Kier molecular flexibility index (Phi) is 2.49. The third kappa shape index (κ3) is 2.03. The van der Waals surface area contributed by atoms with Gasteiger partial charge in [0, 0.05) is 5.92 Å². The lowest BCUT2D eigenvalue weighted by Gasteiger charge is -2.07. The van der Waals surface area contributed by atoms with Gasteiger partial charge in [-0.2, -0.15) is 4.98 Å². The van der Waals surface area contributed by atoms with Crippen LogP contribution in [0.1, 0.15) is 32.0 Å². The second kappa shape index (κ2) is 3.95. The highest BCUT2D eigenvalue weighted by atomic mass is 16.3. The molecule has 4 nitrogen and oxygen atoms in total.